The smallest absolute Gasteiger partial charge is 0.0751 e. The second-order valence-corrected chi connectivity index (χ2v) is 4.13. The predicted molar refractivity (Wildman–Crippen MR) is 52.0 cm³/mol. The molecule has 1 rings (SSSR count). The van der Waals surface area contributed by atoms with Crippen molar-refractivity contribution in [2.75, 3.05) is 0 Å². The molecule has 0 spiro atoms. The van der Waals surface area contributed by atoms with E-state index in [4.69, 9.17) is 0 Å². The first kappa shape index (κ1) is 9.79. The van der Waals surface area contributed by atoms with Crippen LogP contribution in [0.25, 0.3) is 0 Å². The lowest BCUT2D eigenvalue weighted by Crippen LogP contribution is -2.20. The third-order valence-electron chi connectivity index (χ3n) is 2.64. The van der Waals surface area contributed by atoms with Crippen LogP contribution in [0.2, 0.25) is 0 Å². The van der Waals surface area contributed by atoms with Gasteiger partial charge in [0.2, 0.25) is 0 Å². The van der Waals surface area contributed by atoms with Crippen molar-refractivity contribution < 1.29 is 5.11 Å². The molecule has 1 aliphatic rings. The largest absolute Gasteiger partial charge is 0.389 e. The average molecular weight is 168 g/mol. The van der Waals surface area contributed by atoms with Crippen molar-refractivity contribution in [1.29, 1.82) is 0 Å². The second kappa shape index (κ2) is 4.66. The summed E-state index contributed by atoms with van der Waals surface area (Å²) in [4.78, 5) is 0. The first-order valence-electron chi connectivity index (χ1n) is 5.03. The molecular formula is C11H20O. The van der Waals surface area contributed by atoms with Crippen LogP contribution in [-0.2, 0) is 0 Å². The molecule has 0 saturated heterocycles. The maximum Gasteiger partial charge on any atom is 0.0751 e. The summed E-state index contributed by atoms with van der Waals surface area (Å²) in [5, 5.41) is 9.77. The fourth-order valence-electron chi connectivity index (χ4n) is 1.95. The Morgan fingerprint density at radius 3 is 2.33 bits per heavy atom. The van der Waals surface area contributed by atoms with Crippen LogP contribution in [0, 0.1) is 5.92 Å². The van der Waals surface area contributed by atoms with Crippen LogP contribution in [0.3, 0.4) is 0 Å². The van der Waals surface area contributed by atoms with Gasteiger partial charge < -0.3 is 5.11 Å². The number of hydrogen-bond donors (Lipinski definition) is 1. The normalized spacial score (nSPS) is 21.9. The van der Waals surface area contributed by atoms with Crippen molar-refractivity contribution in [2.24, 2.45) is 5.92 Å². The van der Waals surface area contributed by atoms with Gasteiger partial charge in [-0.1, -0.05) is 30.9 Å². The Morgan fingerprint density at radius 2 is 1.83 bits per heavy atom. The molecule has 1 fully saturated rings. The van der Waals surface area contributed by atoms with E-state index in [2.05, 4.69) is 0 Å². The monoisotopic (exact) mass is 168 g/mol. The van der Waals surface area contributed by atoms with Gasteiger partial charge in [0.25, 0.3) is 0 Å². The third kappa shape index (κ3) is 2.98. The van der Waals surface area contributed by atoms with Crippen molar-refractivity contribution in [1.82, 2.24) is 0 Å². The van der Waals surface area contributed by atoms with Gasteiger partial charge in [0.1, 0.15) is 0 Å². The Kier molecular flexibility index (Phi) is 3.80. The summed E-state index contributed by atoms with van der Waals surface area (Å²) in [7, 11) is 0. The molecule has 12 heavy (non-hydrogen) atoms. The molecule has 0 bridgehead atoms. The number of aliphatic hydroxyl groups excluding tert-OH is 1. The van der Waals surface area contributed by atoms with Crippen molar-refractivity contribution in [2.45, 2.75) is 52.1 Å². The van der Waals surface area contributed by atoms with E-state index in [0.717, 1.165) is 0 Å². The molecule has 0 radical (unpaired) electrons. The number of allylic oxidation sites excluding steroid dienone is 1. The molecule has 1 N–H and O–H groups in total. The lowest BCUT2D eigenvalue weighted by atomic mass is 9.85. The molecule has 0 aromatic carbocycles. The molecule has 70 valence electrons. The van der Waals surface area contributed by atoms with Gasteiger partial charge >= 0.3 is 0 Å². The van der Waals surface area contributed by atoms with E-state index in [0.29, 0.717) is 5.92 Å². The summed E-state index contributed by atoms with van der Waals surface area (Å²) in [6.45, 7) is 4.10. The first-order valence-corrected chi connectivity index (χ1v) is 5.03. The van der Waals surface area contributed by atoms with E-state index in [-0.39, 0.29) is 6.10 Å². The van der Waals surface area contributed by atoms with Crippen LogP contribution in [0.5, 0.6) is 0 Å². The zero-order valence-corrected chi connectivity index (χ0v) is 8.21. The van der Waals surface area contributed by atoms with E-state index in [1.807, 2.05) is 19.9 Å². The van der Waals surface area contributed by atoms with Crippen LogP contribution in [0.1, 0.15) is 46.0 Å². The average Bonchev–Trinajstić information content (AvgIpc) is 2.05. The summed E-state index contributed by atoms with van der Waals surface area (Å²) in [5.41, 5.74) is 1.23. The molecule has 0 aromatic heterocycles. The molecule has 1 heteroatoms. The highest BCUT2D eigenvalue weighted by atomic mass is 16.3. The number of hydrogen-bond acceptors (Lipinski definition) is 1. The van der Waals surface area contributed by atoms with Crippen molar-refractivity contribution in [3.8, 4) is 0 Å². The van der Waals surface area contributed by atoms with E-state index in [1.54, 1.807) is 0 Å². The summed E-state index contributed by atoms with van der Waals surface area (Å²) >= 11 is 0. The fourth-order valence-corrected chi connectivity index (χ4v) is 1.95. The Labute approximate surface area is 75.5 Å². The van der Waals surface area contributed by atoms with Crippen LogP contribution in [0.4, 0.5) is 0 Å². The SMILES string of the molecule is CC(C)=C[C@H](O)C1CCCCC1. The Bertz CT molecular complexity index is 150. The van der Waals surface area contributed by atoms with Crippen LogP contribution in [0.15, 0.2) is 11.6 Å². The van der Waals surface area contributed by atoms with Gasteiger partial charge in [-0.15, -0.1) is 0 Å². The van der Waals surface area contributed by atoms with Gasteiger partial charge in [-0.05, 0) is 32.6 Å². The number of rotatable bonds is 2. The minimum atomic E-state index is -0.185. The summed E-state index contributed by atoms with van der Waals surface area (Å²) in [6, 6.07) is 0. The van der Waals surface area contributed by atoms with Gasteiger partial charge in [0.15, 0.2) is 0 Å². The van der Waals surface area contributed by atoms with Gasteiger partial charge in [-0.25, -0.2) is 0 Å². The standard InChI is InChI=1S/C11H20O/c1-9(2)8-11(12)10-6-4-3-5-7-10/h8,10-12H,3-7H2,1-2H3/t11-/m0/s1. The van der Waals surface area contributed by atoms with E-state index >= 15 is 0 Å². The molecular weight excluding hydrogens is 148 g/mol. The molecule has 1 aliphatic carbocycles. The highest BCUT2D eigenvalue weighted by Gasteiger charge is 2.19. The van der Waals surface area contributed by atoms with Crippen LogP contribution >= 0.6 is 0 Å². The highest BCUT2D eigenvalue weighted by molar-refractivity contribution is 5.00. The highest BCUT2D eigenvalue weighted by Crippen LogP contribution is 2.27. The molecule has 0 amide bonds. The first-order chi connectivity index (χ1) is 5.70. The minimum absolute atomic E-state index is 0.185. The summed E-state index contributed by atoms with van der Waals surface area (Å²) < 4.78 is 0. The van der Waals surface area contributed by atoms with Gasteiger partial charge in [0, 0.05) is 0 Å². The second-order valence-electron chi connectivity index (χ2n) is 4.13. The van der Waals surface area contributed by atoms with Crippen molar-refractivity contribution in [3.05, 3.63) is 11.6 Å². The zero-order chi connectivity index (χ0) is 8.97. The Hall–Kier alpha value is -0.300. The molecule has 0 heterocycles. The summed E-state index contributed by atoms with van der Waals surface area (Å²) in [6.07, 6.45) is 8.20. The lowest BCUT2D eigenvalue weighted by Gasteiger charge is -2.24. The lowest BCUT2D eigenvalue weighted by molar-refractivity contribution is 0.124. The summed E-state index contributed by atoms with van der Waals surface area (Å²) in [5.74, 6) is 0.536. The van der Waals surface area contributed by atoms with E-state index in [1.165, 1.54) is 37.7 Å². The topological polar surface area (TPSA) is 20.2 Å². The third-order valence-corrected chi connectivity index (χ3v) is 2.64. The Morgan fingerprint density at radius 1 is 1.25 bits per heavy atom. The predicted octanol–water partition coefficient (Wildman–Crippen LogP) is 2.89. The van der Waals surface area contributed by atoms with Gasteiger partial charge in [0.05, 0.1) is 6.10 Å². The van der Waals surface area contributed by atoms with E-state index in [9.17, 15) is 5.11 Å². The van der Waals surface area contributed by atoms with Crippen LogP contribution in [-0.4, -0.2) is 11.2 Å². The maximum atomic E-state index is 9.77. The van der Waals surface area contributed by atoms with Gasteiger partial charge in [-0.2, -0.15) is 0 Å². The molecule has 1 atom stereocenters. The van der Waals surface area contributed by atoms with Crippen molar-refractivity contribution in [3.63, 3.8) is 0 Å². The van der Waals surface area contributed by atoms with Crippen molar-refractivity contribution >= 4 is 0 Å². The minimum Gasteiger partial charge on any atom is -0.389 e. The fraction of sp³-hybridized carbons (Fsp3) is 0.818. The quantitative estimate of drug-likeness (QED) is 0.629. The van der Waals surface area contributed by atoms with Crippen LogP contribution < -0.4 is 0 Å². The van der Waals surface area contributed by atoms with E-state index < -0.39 is 0 Å². The molecule has 0 aliphatic heterocycles. The zero-order valence-electron chi connectivity index (χ0n) is 8.21. The van der Waals surface area contributed by atoms with Gasteiger partial charge in [-0.3, -0.25) is 0 Å². The molecule has 1 saturated carbocycles. The maximum absolute atomic E-state index is 9.77. The molecule has 0 aromatic rings. The Balaban J connectivity index is 2.39. The molecule has 0 unspecified atom stereocenters. The molecule has 1 nitrogen and oxygen atoms in total. The number of aliphatic hydroxyl groups is 1.